The summed E-state index contributed by atoms with van der Waals surface area (Å²) < 4.78 is 4.87. The lowest BCUT2D eigenvalue weighted by atomic mass is 10.3. The molecule has 0 heterocycles. The number of nitrogens with zero attached hydrogens (tertiary/aromatic N) is 1. The number of nitro benzene ring substituents is 1. The number of hydrogen-bond acceptors (Lipinski definition) is 8. The predicted octanol–water partition coefficient (Wildman–Crippen LogP) is -1.95. The summed E-state index contributed by atoms with van der Waals surface area (Å²) in [6, 6.07) is 3.54. The molecule has 11 heteroatoms. The summed E-state index contributed by atoms with van der Waals surface area (Å²) in [5, 5.41) is 23.9. The van der Waals surface area contributed by atoms with Gasteiger partial charge < -0.3 is 26.2 Å². The van der Waals surface area contributed by atoms with E-state index in [0.29, 0.717) is 0 Å². The third kappa shape index (κ3) is 5.98. The maximum absolute atomic E-state index is 11.7. The van der Waals surface area contributed by atoms with Crippen molar-refractivity contribution in [3.63, 3.8) is 0 Å². The quantitative estimate of drug-likeness (QED) is 0.183. The summed E-state index contributed by atoms with van der Waals surface area (Å²) in [5.74, 6) is -2.20. The van der Waals surface area contributed by atoms with Gasteiger partial charge in [-0.25, -0.2) is 4.79 Å². The average Bonchev–Trinajstić information content (AvgIpc) is 2.57. The highest BCUT2D eigenvalue weighted by molar-refractivity contribution is 5.90. The molecule has 0 aliphatic heterocycles. The van der Waals surface area contributed by atoms with Crippen LogP contribution in [0.1, 0.15) is 0 Å². The Morgan fingerprint density at radius 3 is 2.42 bits per heavy atom. The summed E-state index contributed by atoms with van der Waals surface area (Å²) in [4.78, 5) is 44.2. The number of aliphatic hydroxyl groups excluding tert-OH is 1. The standard InChI is InChI=1S/C13H16N4O7/c14-5-11(19)16-10(7-18)13(21)15-6-12(20)24-9-3-1-8(2-4-9)17(22)23/h1-4,10,18H,5-7,14H2,(H,15,21)(H,16,19)/t10-/m0/s1. The van der Waals surface area contributed by atoms with Crippen LogP contribution in [0.15, 0.2) is 24.3 Å². The normalized spacial score (nSPS) is 11.2. The van der Waals surface area contributed by atoms with Gasteiger partial charge in [0, 0.05) is 12.1 Å². The van der Waals surface area contributed by atoms with Crippen LogP contribution in [0.4, 0.5) is 5.69 Å². The van der Waals surface area contributed by atoms with Crippen LogP contribution < -0.4 is 21.1 Å². The van der Waals surface area contributed by atoms with Gasteiger partial charge in [-0.3, -0.25) is 19.7 Å². The zero-order valence-corrected chi connectivity index (χ0v) is 12.4. The van der Waals surface area contributed by atoms with Crippen LogP contribution in [0, 0.1) is 10.1 Å². The highest BCUT2D eigenvalue weighted by atomic mass is 16.6. The van der Waals surface area contributed by atoms with Crippen LogP contribution in [0.25, 0.3) is 0 Å². The summed E-state index contributed by atoms with van der Waals surface area (Å²) in [5.41, 5.74) is 4.91. The number of amides is 2. The van der Waals surface area contributed by atoms with Crippen molar-refractivity contribution in [2.24, 2.45) is 5.73 Å². The monoisotopic (exact) mass is 340 g/mol. The van der Waals surface area contributed by atoms with Crippen molar-refractivity contribution >= 4 is 23.5 Å². The summed E-state index contributed by atoms with van der Waals surface area (Å²) in [7, 11) is 0. The number of carbonyl (C=O) groups is 3. The highest BCUT2D eigenvalue weighted by Gasteiger charge is 2.20. The molecule has 0 aliphatic carbocycles. The van der Waals surface area contributed by atoms with Gasteiger partial charge in [0.1, 0.15) is 18.3 Å². The van der Waals surface area contributed by atoms with Gasteiger partial charge in [-0.2, -0.15) is 0 Å². The Hall–Kier alpha value is -3.05. The van der Waals surface area contributed by atoms with E-state index in [-0.39, 0.29) is 18.0 Å². The first-order valence-electron chi connectivity index (χ1n) is 6.70. The number of nitrogens with two attached hydrogens (primary N) is 1. The minimum atomic E-state index is -1.24. The van der Waals surface area contributed by atoms with Gasteiger partial charge in [0.2, 0.25) is 11.8 Å². The Balaban J connectivity index is 2.48. The van der Waals surface area contributed by atoms with Crippen molar-refractivity contribution in [3.05, 3.63) is 34.4 Å². The fourth-order valence-corrected chi connectivity index (χ4v) is 1.53. The van der Waals surface area contributed by atoms with Crippen molar-refractivity contribution in [1.29, 1.82) is 0 Å². The van der Waals surface area contributed by atoms with E-state index in [1.54, 1.807) is 0 Å². The topological polar surface area (TPSA) is 174 Å². The van der Waals surface area contributed by atoms with E-state index < -0.39 is 41.9 Å². The van der Waals surface area contributed by atoms with Crippen LogP contribution in [0.5, 0.6) is 5.75 Å². The van der Waals surface area contributed by atoms with Crippen LogP contribution in [-0.4, -0.2) is 53.6 Å². The maximum atomic E-state index is 11.7. The molecule has 0 saturated heterocycles. The lowest BCUT2D eigenvalue weighted by molar-refractivity contribution is -0.384. The van der Waals surface area contributed by atoms with E-state index in [4.69, 9.17) is 15.6 Å². The zero-order chi connectivity index (χ0) is 18.1. The van der Waals surface area contributed by atoms with E-state index >= 15 is 0 Å². The molecule has 1 atom stereocenters. The van der Waals surface area contributed by atoms with Crippen molar-refractivity contribution < 1.29 is 29.2 Å². The van der Waals surface area contributed by atoms with Crippen molar-refractivity contribution in [1.82, 2.24) is 10.6 Å². The second-order valence-electron chi connectivity index (χ2n) is 4.45. The second kappa shape index (κ2) is 9.17. The first-order valence-corrected chi connectivity index (χ1v) is 6.70. The molecular formula is C13H16N4O7. The first kappa shape index (κ1) is 19.0. The SMILES string of the molecule is NCC(=O)N[C@@H](CO)C(=O)NCC(=O)Oc1ccc([N+](=O)[O-])cc1. The fraction of sp³-hybridized carbons (Fsp3) is 0.308. The molecule has 0 bridgehead atoms. The molecule has 1 aromatic rings. The summed E-state index contributed by atoms with van der Waals surface area (Å²) in [6.45, 7) is -1.55. The van der Waals surface area contributed by atoms with Crippen molar-refractivity contribution in [3.8, 4) is 5.75 Å². The van der Waals surface area contributed by atoms with Gasteiger partial charge in [-0.1, -0.05) is 0 Å². The average molecular weight is 340 g/mol. The molecule has 130 valence electrons. The molecule has 0 unspecified atom stereocenters. The molecule has 1 rings (SSSR count). The van der Waals surface area contributed by atoms with Gasteiger partial charge in [0.25, 0.3) is 5.69 Å². The van der Waals surface area contributed by atoms with E-state index in [0.717, 1.165) is 12.1 Å². The van der Waals surface area contributed by atoms with Gasteiger partial charge in [-0.15, -0.1) is 0 Å². The number of non-ortho nitro benzene ring substituents is 1. The number of carbonyl (C=O) groups excluding carboxylic acids is 3. The molecule has 2 amide bonds. The van der Waals surface area contributed by atoms with E-state index in [1.165, 1.54) is 12.1 Å². The molecule has 0 aromatic heterocycles. The first-order chi connectivity index (χ1) is 11.4. The van der Waals surface area contributed by atoms with Crippen LogP contribution in [-0.2, 0) is 14.4 Å². The number of nitro groups is 1. The molecule has 0 fully saturated rings. The van der Waals surface area contributed by atoms with Gasteiger partial charge in [-0.05, 0) is 12.1 Å². The molecule has 11 nitrogen and oxygen atoms in total. The van der Waals surface area contributed by atoms with Crippen molar-refractivity contribution in [2.45, 2.75) is 6.04 Å². The smallest absolute Gasteiger partial charge is 0.330 e. The van der Waals surface area contributed by atoms with Gasteiger partial charge in [0.15, 0.2) is 0 Å². The third-order valence-corrected chi connectivity index (χ3v) is 2.71. The number of esters is 1. The van der Waals surface area contributed by atoms with Crippen LogP contribution in [0.3, 0.4) is 0 Å². The lowest BCUT2D eigenvalue weighted by Crippen LogP contribution is -2.51. The molecule has 5 N–H and O–H groups in total. The minimum Gasteiger partial charge on any atom is -0.425 e. The molecule has 0 aliphatic rings. The van der Waals surface area contributed by atoms with E-state index in [1.807, 2.05) is 0 Å². The zero-order valence-electron chi connectivity index (χ0n) is 12.4. The number of aliphatic hydroxyl groups is 1. The maximum Gasteiger partial charge on any atom is 0.330 e. The largest absolute Gasteiger partial charge is 0.425 e. The number of nitrogens with one attached hydrogen (secondary N) is 2. The van der Waals surface area contributed by atoms with E-state index in [2.05, 4.69) is 10.6 Å². The number of benzene rings is 1. The van der Waals surface area contributed by atoms with E-state index in [9.17, 15) is 24.5 Å². The van der Waals surface area contributed by atoms with Crippen LogP contribution in [0.2, 0.25) is 0 Å². The third-order valence-electron chi connectivity index (χ3n) is 2.71. The fourth-order valence-electron chi connectivity index (χ4n) is 1.53. The molecule has 0 saturated carbocycles. The number of rotatable bonds is 8. The lowest BCUT2D eigenvalue weighted by Gasteiger charge is -2.15. The molecule has 24 heavy (non-hydrogen) atoms. The molecule has 0 spiro atoms. The Bertz CT molecular complexity index is 617. The Morgan fingerprint density at radius 2 is 1.92 bits per heavy atom. The minimum absolute atomic E-state index is 0.0648. The number of hydrogen-bond donors (Lipinski definition) is 4. The van der Waals surface area contributed by atoms with Gasteiger partial charge in [0.05, 0.1) is 18.1 Å². The highest BCUT2D eigenvalue weighted by Crippen LogP contribution is 2.17. The Morgan fingerprint density at radius 1 is 1.29 bits per heavy atom. The van der Waals surface area contributed by atoms with Gasteiger partial charge >= 0.3 is 5.97 Å². The van der Waals surface area contributed by atoms with Crippen molar-refractivity contribution in [2.75, 3.05) is 19.7 Å². The second-order valence-corrected chi connectivity index (χ2v) is 4.45. The Kier molecular flexibility index (Phi) is 7.26. The molecule has 0 radical (unpaired) electrons. The molecule has 1 aromatic carbocycles. The molecular weight excluding hydrogens is 324 g/mol. The number of ether oxygens (including phenoxy) is 1. The summed E-state index contributed by atoms with van der Waals surface area (Å²) >= 11 is 0. The Labute approximate surface area is 135 Å². The summed E-state index contributed by atoms with van der Waals surface area (Å²) in [6.07, 6.45) is 0. The van der Waals surface area contributed by atoms with Crippen LogP contribution >= 0.6 is 0 Å². The predicted molar refractivity (Wildman–Crippen MR) is 79.8 cm³/mol.